The second-order valence-electron chi connectivity index (χ2n) is 4.96. The molecule has 0 fully saturated rings. The monoisotopic (exact) mass is 246 g/mol. The number of rotatable bonds is 3. The van der Waals surface area contributed by atoms with Crippen molar-refractivity contribution in [1.29, 1.82) is 0 Å². The summed E-state index contributed by atoms with van der Waals surface area (Å²) in [5.41, 5.74) is 0. The van der Waals surface area contributed by atoms with E-state index in [1.165, 1.54) is 0 Å². The van der Waals surface area contributed by atoms with Gasteiger partial charge < -0.3 is 29.5 Å². The molecular weight excluding hydrogens is 227 g/mol. The topological polar surface area (TPSA) is 28.2 Å². The SMILES string of the molecule is CN1C=CN([B-](N2C=CNC2)N2C=CN(C)C2)C1. The fraction of sp³-hybridized carbons (Fsp3) is 0.455. The van der Waals surface area contributed by atoms with Crippen LogP contribution in [0.4, 0.5) is 0 Å². The van der Waals surface area contributed by atoms with Crippen molar-refractivity contribution in [2.24, 2.45) is 0 Å². The zero-order valence-corrected chi connectivity index (χ0v) is 10.9. The molecule has 0 saturated carbocycles. The van der Waals surface area contributed by atoms with E-state index in [2.05, 4.69) is 74.6 Å². The molecule has 0 saturated heterocycles. The minimum atomic E-state index is 0.221. The molecule has 0 aromatic heterocycles. The molecule has 0 atom stereocenters. The predicted octanol–water partition coefficient (Wildman–Crippen LogP) is -0.343. The predicted molar refractivity (Wildman–Crippen MR) is 72.0 cm³/mol. The number of hydrogen-bond donors (Lipinski definition) is 1. The molecule has 0 unspecified atom stereocenters. The van der Waals surface area contributed by atoms with E-state index >= 15 is 0 Å². The molecule has 3 heterocycles. The van der Waals surface area contributed by atoms with Gasteiger partial charge in [-0.2, -0.15) is 0 Å². The largest absolute Gasteiger partial charge is 0.521 e. The van der Waals surface area contributed by atoms with E-state index in [1.54, 1.807) is 0 Å². The van der Waals surface area contributed by atoms with Gasteiger partial charge in [-0.3, -0.25) is 0 Å². The Bertz CT molecular complexity index is 369. The first kappa shape index (κ1) is 11.2. The molecular formula is C11H19BN6-. The Morgan fingerprint density at radius 2 is 1.44 bits per heavy atom. The van der Waals surface area contributed by atoms with Gasteiger partial charge in [-0.1, -0.05) is 0 Å². The third-order valence-corrected chi connectivity index (χ3v) is 3.35. The molecule has 6 nitrogen and oxygen atoms in total. The third-order valence-electron chi connectivity index (χ3n) is 3.35. The van der Waals surface area contributed by atoms with Crippen LogP contribution in [0.3, 0.4) is 0 Å². The molecule has 1 radical (unpaired) electrons. The Kier molecular flexibility index (Phi) is 2.73. The molecule has 3 aliphatic rings. The molecule has 3 aliphatic heterocycles. The van der Waals surface area contributed by atoms with E-state index in [-0.39, 0.29) is 7.12 Å². The molecule has 97 valence electrons. The first-order valence-corrected chi connectivity index (χ1v) is 6.18. The first-order valence-electron chi connectivity index (χ1n) is 6.18. The zero-order valence-electron chi connectivity index (χ0n) is 10.9. The number of nitrogens with zero attached hydrogens (tertiary/aromatic N) is 5. The van der Waals surface area contributed by atoms with Crippen LogP contribution in [-0.4, -0.2) is 65.5 Å². The van der Waals surface area contributed by atoms with E-state index in [0.29, 0.717) is 0 Å². The summed E-state index contributed by atoms with van der Waals surface area (Å²) in [4.78, 5) is 11.3. The van der Waals surface area contributed by atoms with Crippen molar-refractivity contribution in [2.45, 2.75) is 0 Å². The standard InChI is InChI=1S/C11H19BN6/c1-14-5-7-17(10-14)12(16-4-3-13-9-16)18-8-6-15(2)11-18/h3-8,13H,9-11H2,1-2H3/q-1. The van der Waals surface area contributed by atoms with E-state index < -0.39 is 0 Å². The summed E-state index contributed by atoms with van der Waals surface area (Å²) >= 11 is 0. The maximum absolute atomic E-state index is 3.24. The lowest BCUT2D eigenvalue weighted by molar-refractivity contribution is 0.309. The summed E-state index contributed by atoms with van der Waals surface area (Å²) in [5, 5.41) is 3.24. The lowest BCUT2D eigenvalue weighted by Gasteiger charge is -2.52. The second kappa shape index (κ2) is 4.40. The van der Waals surface area contributed by atoms with Gasteiger partial charge in [0, 0.05) is 32.7 Å². The zero-order chi connectivity index (χ0) is 12.5. The van der Waals surface area contributed by atoms with Crippen LogP contribution in [0.5, 0.6) is 0 Å². The molecule has 7 heteroatoms. The van der Waals surface area contributed by atoms with Crippen molar-refractivity contribution in [3.8, 4) is 0 Å². The quantitative estimate of drug-likeness (QED) is 0.685. The van der Waals surface area contributed by atoms with Crippen LogP contribution in [0.1, 0.15) is 0 Å². The Balaban J connectivity index is 1.77. The highest BCUT2D eigenvalue weighted by molar-refractivity contribution is 6.50. The van der Waals surface area contributed by atoms with Crippen LogP contribution in [0.2, 0.25) is 0 Å². The lowest BCUT2D eigenvalue weighted by atomic mass is 9.86. The van der Waals surface area contributed by atoms with Crippen molar-refractivity contribution < 1.29 is 0 Å². The maximum atomic E-state index is 3.24. The van der Waals surface area contributed by atoms with Crippen LogP contribution in [0, 0.1) is 0 Å². The average molecular weight is 246 g/mol. The molecule has 0 spiro atoms. The molecule has 3 rings (SSSR count). The average Bonchev–Trinajstić information content (AvgIpc) is 3.04. The van der Waals surface area contributed by atoms with Crippen LogP contribution in [-0.2, 0) is 0 Å². The molecule has 0 aromatic rings. The first-order chi connectivity index (χ1) is 8.74. The molecule has 0 bridgehead atoms. The van der Waals surface area contributed by atoms with Crippen molar-refractivity contribution in [3.05, 3.63) is 37.2 Å². The van der Waals surface area contributed by atoms with Crippen molar-refractivity contribution >= 4 is 7.12 Å². The Morgan fingerprint density at radius 1 is 0.833 bits per heavy atom. The summed E-state index contributed by atoms with van der Waals surface area (Å²) < 4.78 is 0. The van der Waals surface area contributed by atoms with Gasteiger partial charge in [-0.05, 0) is 18.6 Å². The molecule has 1 N–H and O–H groups in total. The van der Waals surface area contributed by atoms with Crippen LogP contribution in [0.25, 0.3) is 0 Å². The number of nitrogens with one attached hydrogen (secondary N) is 1. The summed E-state index contributed by atoms with van der Waals surface area (Å²) in [5.74, 6) is 0. The van der Waals surface area contributed by atoms with E-state index in [0.717, 1.165) is 20.0 Å². The summed E-state index contributed by atoms with van der Waals surface area (Å²) in [6, 6.07) is 0. The van der Waals surface area contributed by atoms with Crippen molar-refractivity contribution in [3.63, 3.8) is 0 Å². The van der Waals surface area contributed by atoms with Gasteiger partial charge in [-0.25, -0.2) is 0 Å². The van der Waals surface area contributed by atoms with Gasteiger partial charge in [0.1, 0.15) is 0 Å². The van der Waals surface area contributed by atoms with Gasteiger partial charge in [-0.15, -0.1) is 0 Å². The lowest BCUT2D eigenvalue weighted by Crippen LogP contribution is -2.59. The highest BCUT2D eigenvalue weighted by Gasteiger charge is 2.23. The van der Waals surface area contributed by atoms with Crippen LogP contribution >= 0.6 is 0 Å². The molecule has 0 amide bonds. The minimum Gasteiger partial charge on any atom is -0.521 e. The Hall–Kier alpha value is -1.92. The maximum Gasteiger partial charge on any atom is 0.193 e. The third kappa shape index (κ3) is 1.96. The Morgan fingerprint density at radius 3 is 1.83 bits per heavy atom. The van der Waals surface area contributed by atoms with E-state index in [9.17, 15) is 0 Å². The summed E-state index contributed by atoms with van der Waals surface area (Å²) in [6.45, 7) is 2.69. The van der Waals surface area contributed by atoms with Crippen molar-refractivity contribution in [2.75, 3.05) is 34.1 Å². The van der Waals surface area contributed by atoms with E-state index in [1.807, 2.05) is 6.20 Å². The van der Waals surface area contributed by atoms with Gasteiger partial charge in [0.25, 0.3) is 0 Å². The molecule has 0 aliphatic carbocycles. The van der Waals surface area contributed by atoms with Crippen LogP contribution in [0.15, 0.2) is 37.2 Å². The fourth-order valence-corrected chi connectivity index (χ4v) is 2.49. The Labute approximate surface area is 109 Å². The van der Waals surface area contributed by atoms with Gasteiger partial charge in [0.15, 0.2) is 7.12 Å². The van der Waals surface area contributed by atoms with Crippen LogP contribution < -0.4 is 5.32 Å². The highest BCUT2D eigenvalue weighted by atomic mass is 15.5. The smallest absolute Gasteiger partial charge is 0.193 e. The van der Waals surface area contributed by atoms with Gasteiger partial charge >= 0.3 is 0 Å². The van der Waals surface area contributed by atoms with E-state index in [4.69, 9.17) is 0 Å². The fourth-order valence-electron chi connectivity index (χ4n) is 2.49. The van der Waals surface area contributed by atoms with Gasteiger partial charge in [0.2, 0.25) is 0 Å². The van der Waals surface area contributed by atoms with Gasteiger partial charge in [0.05, 0.1) is 20.0 Å². The van der Waals surface area contributed by atoms with Crippen molar-refractivity contribution in [1.82, 2.24) is 29.5 Å². The minimum absolute atomic E-state index is 0.221. The normalized spacial score (nSPS) is 22.1. The highest BCUT2D eigenvalue weighted by Crippen LogP contribution is 2.18. The molecule has 18 heavy (non-hydrogen) atoms. The summed E-state index contributed by atoms with van der Waals surface area (Å²) in [6.07, 6.45) is 12.7. The number of hydrogen-bond acceptors (Lipinski definition) is 6. The second-order valence-corrected chi connectivity index (χ2v) is 4.96. The summed E-state index contributed by atoms with van der Waals surface area (Å²) in [7, 11) is 4.41. The molecule has 0 aromatic carbocycles.